The van der Waals surface area contributed by atoms with Gasteiger partial charge in [-0.15, -0.1) is 5.53 Å². The molecule has 0 radical (unpaired) electrons. The summed E-state index contributed by atoms with van der Waals surface area (Å²) >= 11 is 0. The Kier molecular flexibility index (Phi) is 2.60. The molecule has 3 N–H and O–H groups in total. The molecule has 4 nitrogen and oxygen atoms in total. The van der Waals surface area contributed by atoms with Crippen molar-refractivity contribution in [3.8, 4) is 0 Å². The molecule has 0 bridgehead atoms. The quantitative estimate of drug-likeness (QED) is 0.291. The molecule has 0 aromatic rings. The second kappa shape index (κ2) is 2.75. The van der Waals surface area contributed by atoms with E-state index in [0.29, 0.717) is 0 Å². The molecule has 0 aliphatic heterocycles. The highest BCUT2D eigenvalue weighted by Gasteiger charge is 2.08. The maximum atomic E-state index is 11.0. The van der Waals surface area contributed by atoms with Crippen LogP contribution in [0.25, 0.3) is 0 Å². The van der Waals surface area contributed by atoms with Crippen LogP contribution in [0.5, 0.6) is 0 Å². The summed E-state index contributed by atoms with van der Waals surface area (Å²) in [5.74, 6) is 4.15. The average Bonchev–Trinajstić information content (AvgIpc) is 1.65. The monoisotopic (exact) mass is 116 g/mol. The molecule has 0 saturated carbocycles. The van der Waals surface area contributed by atoms with E-state index in [9.17, 15) is 13.4 Å². The zero-order valence-corrected chi connectivity index (χ0v) is 3.11. The van der Waals surface area contributed by atoms with Crippen molar-refractivity contribution in [2.45, 2.75) is 0 Å². The number of hydrogen-bond acceptors (Lipinski definition) is 4. The van der Waals surface area contributed by atoms with Crippen LogP contribution >= 0.6 is 0 Å². The zero-order chi connectivity index (χ0) is 5.86. The van der Waals surface area contributed by atoms with E-state index in [1.54, 1.807) is 0 Å². The number of hydrazine groups is 3. The summed E-state index contributed by atoms with van der Waals surface area (Å²) in [5.41, 5.74) is -0.840. The molecule has 7 heavy (non-hydrogen) atoms. The smallest absolute Gasteiger partial charge is 0.143 e. The lowest BCUT2D eigenvalue weighted by Gasteiger charge is -2.04. The predicted molar refractivity (Wildman–Crippen MR) is 14.3 cm³/mol. The van der Waals surface area contributed by atoms with E-state index in [1.807, 2.05) is 0 Å². The predicted octanol–water partition coefficient (Wildman–Crippen LogP) is -0.463. The van der Waals surface area contributed by atoms with Gasteiger partial charge >= 0.3 is 0 Å². The van der Waals surface area contributed by atoms with Gasteiger partial charge < -0.3 is 0 Å². The fraction of sp³-hybridized carbons (Fsp3) is 0. The first-order valence-electron chi connectivity index (χ1n) is 1.22. The number of rotatable bonds is 2. The summed E-state index contributed by atoms with van der Waals surface area (Å²) < 4.78 is 32.4. The number of halogens is 3. The Morgan fingerprint density at radius 1 is 1.29 bits per heavy atom. The molecule has 0 unspecified atom stereocenters. The van der Waals surface area contributed by atoms with Crippen LogP contribution in [0.4, 0.5) is 13.4 Å². The Balaban J connectivity index is 3.14. The van der Waals surface area contributed by atoms with Crippen LogP contribution in [0, 0.1) is 0 Å². The van der Waals surface area contributed by atoms with Crippen molar-refractivity contribution in [2.75, 3.05) is 0 Å². The molecule has 0 rings (SSSR count). The molecule has 0 aliphatic rings. The van der Waals surface area contributed by atoms with Crippen molar-refractivity contribution in [2.24, 2.45) is 5.84 Å². The zero-order valence-electron chi connectivity index (χ0n) is 3.11. The van der Waals surface area contributed by atoms with Gasteiger partial charge in [0.05, 0.1) is 5.34 Å². The topological polar surface area (TPSA) is 44.5 Å². The lowest BCUT2D eigenvalue weighted by atomic mass is 12.3. The van der Waals surface area contributed by atoms with Crippen LogP contribution < -0.4 is 11.4 Å². The fourth-order valence-electron chi connectivity index (χ4n) is 0.0436. The van der Waals surface area contributed by atoms with E-state index in [4.69, 9.17) is 0 Å². The number of nitrogens with one attached hydrogen (secondary N) is 1. The van der Waals surface area contributed by atoms with Gasteiger partial charge in [-0.2, -0.15) is 0 Å². The summed E-state index contributed by atoms with van der Waals surface area (Å²) in [6.07, 6.45) is 0. The highest BCUT2D eigenvalue weighted by Crippen LogP contribution is 1.92. The molecule has 0 aromatic heterocycles. The molecule has 0 saturated heterocycles. The molecule has 0 fully saturated rings. The molecule has 0 atom stereocenters. The van der Waals surface area contributed by atoms with Gasteiger partial charge in [0.2, 0.25) is 0 Å². The highest BCUT2D eigenvalue weighted by molar-refractivity contribution is 3.88. The second-order valence-electron chi connectivity index (χ2n) is 0.604. The van der Waals surface area contributed by atoms with Crippen molar-refractivity contribution in [3.63, 3.8) is 0 Å². The summed E-state index contributed by atoms with van der Waals surface area (Å²) in [6, 6.07) is 0. The van der Waals surface area contributed by atoms with Gasteiger partial charge in [0.25, 0.3) is 0 Å². The molecule has 0 spiro atoms. The van der Waals surface area contributed by atoms with Crippen molar-refractivity contribution in [1.82, 2.24) is 16.3 Å². The van der Waals surface area contributed by atoms with Crippen LogP contribution in [0.1, 0.15) is 0 Å². The Morgan fingerprint density at radius 3 is 1.71 bits per heavy atom. The second-order valence-corrected chi connectivity index (χ2v) is 0.604. The minimum atomic E-state index is -1.85. The van der Waals surface area contributed by atoms with E-state index < -0.39 is 10.8 Å². The lowest BCUT2D eigenvalue weighted by Crippen LogP contribution is -2.41. The molecule has 44 valence electrons. The van der Waals surface area contributed by atoms with E-state index in [2.05, 4.69) is 5.84 Å². The van der Waals surface area contributed by atoms with E-state index in [1.165, 1.54) is 0 Å². The standard InChI is InChI=1S/F3H3N4/c1-6(2)7(3)5-4/h5H,4H2. The van der Waals surface area contributed by atoms with Crippen molar-refractivity contribution < 1.29 is 13.4 Å². The van der Waals surface area contributed by atoms with Crippen molar-refractivity contribution in [3.05, 3.63) is 0 Å². The SMILES string of the molecule is NNN(F)N(F)F. The molecular formula is H3F3N4. The Bertz CT molecular complexity index is 44.2. The first-order chi connectivity index (χ1) is 3.18. The largest absolute Gasteiger partial charge is 0.254 e. The third kappa shape index (κ3) is 2.34. The van der Waals surface area contributed by atoms with Crippen LogP contribution in [0.2, 0.25) is 0 Å². The molecule has 0 aliphatic carbocycles. The Labute approximate surface area is 37.0 Å². The maximum absolute atomic E-state index is 11.0. The molecule has 0 aromatic carbocycles. The number of hydrogen-bond donors (Lipinski definition) is 2. The van der Waals surface area contributed by atoms with Crippen LogP contribution in [-0.4, -0.2) is 10.8 Å². The summed E-state index contributed by atoms with van der Waals surface area (Å²) in [4.78, 5) is 0. The van der Waals surface area contributed by atoms with E-state index in [0.717, 1.165) is 5.53 Å². The summed E-state index contributed by atoms with van der Waals surface area (Å²) in [5, 5.41) is -1.18. The summed E-state index contributed by atoms with van der Waals surface area (Å²) in [7, 11) is 0. The van der Waals surface area contributed by atoms with Gasteiger partial charge in [0.1, 0.15) is 5.45 Å². The van der Waals surface area contributed by atoms with Crippen LogP contribution in [-0.2, 0) is 0 Å². The average molecular weight is 116 g/mol. The van der Waals surface area contributed by atoms with Gasteiger partial charge in [-0.05, 0) is 0 Å². The molecule has 7 heteroatoms. The minimum absolute atomic E-state index is 1.01. The van der Waals surface area contributed by atoms with Gasteiger partial charge in [0.15, 0.2) is 0 Å². The third-order valence-corrected chi connectivity index (χ3v) is 0.239. The van der Waals surface area contributed by atoms with Gasteiger partial charge in [-0.1, -0.05) is 13.4 Å². The molecular weight excluding hydrogens is 113 g/mol. The normalized spacial score (nSPS) is 11.1. The summed E-state index contributed by atoms with van der Waals surface area (Å²) in [6.45, 7) is 0. The van der Waals surface area contributed by atoms with Crippen LogP contribution in [0.15, 0.2) is 0 Å². The molecule has 0 amide bonds. The lowest BCUT2D eigenvalue weighted by molar-refractivity contribution is -0.393. The van der Waals surface area contributed by atoms with E-state index >= 15 is 0 Å². The first-order valence-corrected chi connectivity index (χ1v) is 1.22. The van der Waals surface area contributed by atoms with Gasteiger partial charge in [-0.3, -0.25) is 5.84 Å². The van der Waals surface area contributed by atoms with Gasteiger partial charge in [0, 0.05) is 0 Å². The fourth-order valence-corrected chi connectivity index (χ4v) is 0.0436. The first kappa shape index (κ1) is 6.63. The maximum Gasteiger partial charge on any atom is 0.143 e. The molecule has 0 heterocycles. The minimum Gasteiger partial charge on any atom is -0.254 e. The third-order valence-electron chi connectivity index (χ3n) is 0.239. The van der Waals surface area contributed by atoms with Crippen molar-refractivity contribution in [1.29, 1.82) is 0 Å². The van der Waals surface area contributed by atoms with Crippen molar-refractivity contribution >= 4 is 0 Å². The van der Waals surface area contributed by atoms with Gasteiger partial charge in [-0.25, -0.2) is 0 Å². The Hall–Kier alpha value is -0.370. The number of nitrogens with zero attached hydrogens (tertiary/aromatic N) is 2. The highest BCUT2D eigenvalue weighted by atomic mass is 19.4. The number of nitrogens with two attached hydrogens (primary N) is 1. The van der Waals surface area contributed by atoms with E-state index in [-0.39, 0.29) is 0 Å². The van der Waals surface area contributed by atoms with Crippen LogP contribution in [0.3, 0.4) is 0 Å². The Morgan fingerprint density at radius 2 is 1.71 bits per heavy atom.